The zero-order chi connectivity index (χ0) is 17.9. The van der Waals surface area contributed by atoms with Crippen molar-refractivity contribution in [2.45, 2.75) is 32.0 Å². The molecule has 0 aromatic carbocycles. The summed E-state index contributed by atoms with van der Waals surface area (Å²) in [5.41, 5.74) is 0. The van der Waals surface area contributed by atoms with Gasteiger partial charge in [-0.15, -0.1) is 0 Å². The van der Waals surface area contributed by atoms with Gasteiger partial charge >= 0.3 is 5.97 Å². The van der Waals surface area contributed by atoms with Crippen LogP contribution >= 0.6 is 15.9 Å². The fourth-order valence-corrected chi connectivity index (χ4v) is 2.21. The lowest BCUT2D eigenvalue weighted by Gasteiger charge is -2.12. The maximum atomic E-state index is 11.4. The van der Waals surface area contributed by atoms with E-state index in [1.165, 1.54) is 0 Å². The molecule has 0 aliphatic rings. The highest BCUT2D eigenvalue weighted by molar-refractivity contribution is 9.10. The Labute approximate surface area is 147 Å². The third kappa shape index (κ3) is 12.0. The molecular formula is C15H25BrN2O4S. The molecule has 0 aliphatic heterocycles. The highest BCUT2D eigenvalue weighted by Crippen LogP contribution is 2.03. The van der Waals surface area contributed by atoms with Gasteiger partial charge in [0.1, 0.15) is 10.7 Å². The number of carbonyl (C=O) groups is 1. The van der Waals surface area contributed by atoms with E-state index in [0.29, 0.717) is 18.8 Å². The second-order valence-electron chi connectivity index (χ2n) is 4.98. The first-order chi connectivity index (χ1) is 10.7. The van der Waals surface area contributed by atoms with Crippen LogP contribution in [0.4, 0.5) is 0 Å². The molecule has 0 spiro atoms. The summed E-state index contributed by atoms with van der Waals surface area (Å²) in [6.45, 7) is 6.04. The van der Waals surface area contributed by atoms with Crippen LogP contribution in [0.5, 0.6) is 0 Å². The molecule has 0 radical (unpaired) electrons. The number of aliphatic imine (C=N–C) groups is 1. The lowest BCUT2D eigenvalue weighted by atomic mass is 10.1. The molecular weight excluding hydrogens is 384 g/mol. The van der Waals surface area contributed by atoms with Crippen LogP contribution < -0.4 is 4.72 Å². The molecule has 23 heavy (non-hydrogen) atoms. The van der Waals surface area contributed by atoms with Gasteiger partial charge in [-0.05, 0) is 13.8 Å². The number of rotatable bonds is 9. The summed E-state index contributed by atoms with van der Waals surface area (Å²) in [5, 5.41) is 0. The Bertz CT molecular complexity index is 554. The van der Waals surface area contributed by atoms with E-state index in [9.17, 15) is 13.2 Å². The molecule has 0 aromatic heterocycles. The van der Waals surface area contributed by atoms with Crippen molar-refractivity contribution in [3.8, 4) is 0 Å². The third-order valence-corrected chi connectivity index (χ3v) is 3.53. The Kier molecular flexibility index (Phi) is 10.8. The van der Waals surface area contributed by atoms with Gasteiger partial charge in [-0.3, -0.25) is 14.5 Å². The molecule has 6 nitrogen and oxygen atoms in total. The van der Waals surface area contributed by atoms with Crippen LogP contribution in [0, 0.1) is 5.92 Å². The van der Waals surface area contributed by atoms with E-state index in [1.54, 1.807) is 6.92 Å². The minimum Gasteiger partial charge on any atom is -0.465 e. The second kappa shape index (κ2) is 11.4. The quantitative estimate of drug-likeness (QED) is 0.158. The van der Waals surface area contributed by atoms with E-state index in [4.69, 9.17) is 4.74 Å². The summed E-state index contributed by atoms with van der Waals surface area (Å²) >= 11 is 3.12. The summed E-state index contributed by atoms with van der Waals surface area (Å²) in [7, 11) is -3.39. The van der Waals surface area contributed by atoms with Crippen LogP contribution in [0.2, 0.25) is 0 Å². The maximum absolute atomic E-state index is 11.4. The van der Waals surface area contributed by atoms with E-state index >= 15 is 0 Å². The largest absolute Gasteiger partial charge is 0.465 e. The van der Waals surface area contributed by atoms with Gasteiger partial charge in [0.2, 0.25) is 10.0 Å². The average Bonchev–Trinajstić information content (AvgIpc) is 2.44. The Balaban J connectivity index is 4.64. The highest BCUT2D eigenvalue weighted by Gasteiger charge is 2.12. The van der Waals surface area contributed by atoms with Gasteiger partial charge in [0.25, 0.3) is 0 Å². The molecule has 132 valence electrons. The maximum Gasteiger partial charge on any atom is 0.319 e. The molecule has 0 bridgehead atoms. The summed E-state index contributed by atoms with van der Waals surface area (Å²) in [6.07, 6.45) is 9.03. The Morgan fingerprint density at radius 2 is 2.00 bits per heavy atom. The summed E-state index contributed by atoms with van der Waals surface area (Å²) in [6, 6.07) is 0. The summed E-state index contributed by atoms with van der Waals surface area (Å²) in [5.74, 6) is -0.134. The average molecular weight is 409 g/mol. The number of hydrogen-bond donors (Lipinski definition) is 1. The van der Waals surface area contributed by atoms with E-state index in [0.717, 1.165) is 6.26 Å². The van der Waals surface area contributed by atoms with Crippen LogP contribution in [0.3, 0.4) is 0 Å². The van der Waals surface area contributed by atoms with Crippen molar-refractivity contribution < 1.29 is 17.9 Å². The van der Waals surface area contributed by atoms with Gasteiger partial charge in [-0.2, -0.15) is 0 Å². The van der Waals surface area contributed by atoms with Gasteiger partial charge in [-0.1, -0.05) is 47.2 Å². The molecule has 0 saturated heterocycles. The van der Waals surface area contributed by atoms with Crippen molar-refractivity contribution in [3.05, 3.63) is 24.3 Å². The Hall–Kier alpha value is -1.15. The zero-order valence-corrected chi connectivity index (χ0v) is 16.4. The van der Waals surface area contributed by atoms with Crippen molar-refractivity contribution in [1.29, 1.82) is 0 Å². The highest BCUT2D eigenvalue weighted by atomic mass is 79.9. The first kappa shape index (κ1) is 21.9. The van der Waals surface area contributed by atoms with Crippen molar-refractivity contribution >= 4 is 37.8 Å². The predicted molar refractivity (Wildman–Crippen MR) is 97.4 cm³/mol. The molecule has 1 N–H and O–H groups in total. The van der Waals surface area contributed by atoms with Crippen molar-refractivity contribution in [1.82, 2.24) is 4.72 Å². The first-order valence-electron chi connectivity index (χ1n) is 7.29. The molecule has 0 fully saturated rings. The number of carbonyl (C=O) groups excluding carboxylic acids is 1. The number of nitrogens with zero attached hydrogens (tertiary/aromatic N) is 1. The molecule has 8 heteroatoms. The number of halogens is 1. The zero-order valence-electron chi connectivity index (χ0n) is 14.0. The van der Waals surface area contributed by atoms with Crippen LogP contribution in [-0.4, -0.2) is 44.5 Å². The van der Waals surface area contributed by atoms with E-state index in [2.05, 4.69) is 25.6 Å². The normalized spacial score (nSPS) is 15.8. The Morgan fingerprint density at radius 3 is 2.52 bits per heavy atom. The molecule has 0 aliphatic carbocycles. The van der Waals surface area contributed by atoms with Gasteiger partial charge in [0.05, 0.1) is 12.9 Å². The van der Waals surface area contributed by atoms with Crippen LogP contribution in [0.1, 0.15) is 27.2 Å². The number of sulfonamides is 1. The van der Waals surface area contributed by atoms with Crippen molar-refractivity contribution in [2.75, 3.05) is 19.4 Å². The fourth-order valence-electron chi connectivity index (χ4n) is 1.44. The monoisotopic (exact) mass is 408 g/mol. The topological polar surface area (TPSA) is 84.8 Å². The number of allylic oxidation sites excluding steroid dienone is 3. The number of amidine groups is 1. The lowest BCUT2D eigenvalue weighted by Crippen LogP contribution is -2.33. The summed E-state index contributed by atoms with van der Waals surface area (Å²) in [4.78, 5) is 15.2. The van der Waals surface area contributed by atoms with Crippen LogP contribution in [0.25, 0.3) is 0 Å². The first-order valence-corrected chi connectivity index (χ1v) is 10.1. The second-order valence-corrected chi connectivity index (χ2v) is 8.10. The number of esters is 1. The molecule has 0 rings (SSSR count). The Morgan fingerprint density at radius 1 is 1.35 bits per heavy atom. The molecule has 2 atom stereocenters. The predicted octanol–water partition coefficient (Wildman–Crippen LogP) is 2.42. The number of alkyl halides is 1. The molecule has 0 heterocycles. The van der Waals surface area contributed by atoms with Crippen molar-refractivity contribution in [3.63, 3.8) is 0 Å². The lowest BCUT2D eigenvalue weighted by molar-refractivity contribution is -0.142. The number of hydrogen-bond acceptors (Lipinski definition) is 5. The number of nitrogens with one attached hydrogen (secondary N) is 1. The molecule has 0 aromatic rings. The van der Waals surface area contributed by atoms with Gasteiger partial charge < -0.3 is 4.74 Å². The third-order valence-electron chi connectivity index (χ3n) is 2.58. The smallest absolute Gasteiger partial charge is 0.319 e. The van der Waals surface area contributed by atoms with Crippen LogP contribution in [-0.2, 0) is 19.6 Å². The van der Waals surface area contributed by atoms with E-state index in [1.807, 2.05) is 38.2 Å². The van der Waals surface area contributed by atoms with Crippen LogP contribution in [0.15, 0.2) is 29.3 Å². The van der Waals surface area contributed by atoms with E-state index in [-0.39, 0.29) is 23.3 Å². The number of ether oxygens (including phenoxy) is 1. The summed E-state index contributed by atoms with van der Waals surface area (Å²) < 4.78 is 30.3. The van der Waals surface area contributed by atoms with Gasteiger partial charge in [0.15, 0.2) is 0 Å². The molecule has 0 saturated carbocycles. The van der Waals surface area contributed by atoms with Gasteiger partial charge in [0, 0.05) is 18.9 Å². The van der Waals surface area contributed by atoms with Gasteiger partial charge in [-0.25, -0.2) is 8.42 Å². The fraction of sp³-hybridized carbons (Fsp3) is 0.600. The minimum absolute atomic E-state index is 0.175. The minimum atomic E-state index is -3.39. The standard InChI is InChI=1S/C15H25BrN2O4S/c1-5-6-7-9-12(2)14(18-23(4,20)21)17-10-8-11-22-15(19)13(3)16/h5-7,9,12-13H,8,10-11H2,1-4H3,(H,17,18)/b6-5-,9-7-. The molecule has 2 unspecified atom stereocenters. The van der Waals surface area contributed by atoms with Crippen molar-refractivity contribution in [2.24, 2.45) is 10.9 Å². The van der Waals surface area contributed by atoms with E-state index < -0.39 is 10.0 Å². The molecule has 0 amide bonds. The SMILES string of the molecule is C/C=C\C=C/C(C)C(=NCCCOC(=O)C(C)Br)NS(C)(=O)=O.